The summed E-state index contributed by atoms with van der Waals surface area (Å²) in [6.07, 6.45) is 9.50. The van der Waals surface area contributed by atoms with E-state index in [4.69, 9.17) is 14.2 Å². The lowest BCUT2D eigenvalue weighted by Gasteiger charge is -2.37. The van der Waals surface area contributed by atoms with Crippen LogP contribution in [0.1, 0.15) is 42.7 Å². The zero-order valence-corrected chi connectivity index (χ0v) is 18.6. The molecule has 0 radical (unpaired) electrons. The molecule has 0 saturated heterocycles. The van der Waals surface area contributed by atoms with Gasteiger partial charge in [0.1, 0.15) is 0 Å². The molecule has 0 saturated carbocycles. The largest absolute Gasteiger partial charge is 0.493 e. The third-order valence-corrected chi connectivity index (χ3v) is 7.20. The minimum absolute atomic E-state index is 0.370. The fraction of sp³-hybridized carbons (Fsp3) is 0.357. The van der Waals surface area contributed by atoms with Gasteiger partial charge in [0, 0.05) is 13.5 Å². The summed E-state index contributed by atoms with van der Waals surface area (Å²) in [6, 6.07) is 18.0. The van der Waals surface area contributed by atoms with Crippen molar-refractivity contribution in [2.24, 2.45) is 0 Å². The molecule has 5 rings (SSSR count). The predicted molar refractivity (Wildman–Crippen MR) is 126 cm³/mol. The summed E-state index contributed by atoms with van der Waals surface area (Å²) < 4.78 is 17.2. The molecule has 0 N–H and O–H groups in total. The molecule has 0 aromatic heterocycles. The highest BCUT2D eigenvalue weighted by atomic mass is 16.5. The van der Waals surface area contributed by atoms with Crippen molar-refractivity contribution in [3.05, 3.63) is 83.3 Å². The predicted octanol–water partition coefficient (Wildman–Crippen LogP) is 6.65. The Morgan fingerprint density at radius 2 is 1.68 bits per heavy atom. The molecule has 2 atom stereocenters. The third-order valence-electron chi connectivity index (χ3n) is 7.20. The molecule has 31 heavy (non-hydrogen) atoms. The van der Waals surface area contributed by atoms with E-state index in [9.17, 15) is 0 Å². The first kappa shape index (κ1) is 20.1. The number of rotatable bonds is 5. The van der Waals surface area contributed by atoms with Crippen LogP contribution >= 0.6 is 0 Å². The van der Waals surface area contributed by atoms with Crippen molar-refractivity contribution in [1.29, 1.82) is 0 Å². The van der Waals surface area contributed by atoms with Crippen LogP contribution in [-0.4, -0.2) is 26.9 Å². The third kappa shape index (κ3) is 3.41. The number of benzene rings is 3. The average Bonchev–Trinajstić information content (AvgIpc) is 2.83. The Morgan fingerprint density at radius 1 is 0.871 bits per heavy atom. The normalized spacial score (nSPS) is 23.3. The molecule has 2 unspecified atom stereocenters. The van der Waals surface area contributed by atoms with Crippen molar-refractivity contribution in [3.8, 4) is 0 Å². The molecule has 0 heterocycles. The summed E-state index contributed by atoms with van der Waals surface area (Å²) in [5, 5.41) is 5.42. The monoisotopic (exact) mass is 414 g/mol. The van der Waals surface area contributed by atoms with Gasteiger partial charge in [-0.15, -0.1) is 0 Å². The molecule has 160 valence electrons. The lowest BCUT2D eigenvalue weighted by atomic mass is 9.73. The minimum Gasteiger partial charge on any atom is -0.493 e. The fourth-order valence-electron chi connectivity index (χ4n) is 5.59. The molecule has 0 spiro atoms. The summed E-state index contributed by atoms with van der Waals surface area (Å²) in [5.74, 6) is 2.01. The van der Waals surface area contributed by atoms with Crippen LogP contribution in [0.3, 0.4) is 0 Å². The van der Waals surface area contributed by atoms with Gasteiger partial charge in [0.05, 0.1) is 19.8 Å². The summed E-state index contributed by atoms with van der Waals surface area (Å²) in [7, 11) is 5.19. The highest BCUT2D eigenvalue weighted by Gasteiger charge is 2.36. The van der Waals surface area contributed by atoms with Crippen molar-refractivity contribution in [2.45, 2.75) is 43.6 Å². The van der Waals surface area contributed by atoms with Crippen LogP contribution in [-0.2, 0) is 20.6 Å². The van der Waals surface area contributed by atoms with Crippen LogP contribution in [0, 0.1) is 0 Å². The molecule has 0 fully saturated rings. The quantitative estimate of drug-likeness (QED) is 0.437. The first-order valence-corrected chi connectivity index (χ1v) is 11.2. The topological polar surface area (TPSA) is 27.7 Å². The van der Waals surface area contributed by atoms with Gasteiger partial charge in [-0.3, -0.25) is 0 Å². The summed E-state index contributed by atoms with van der Waals surface area (Å²) in [4.78, 5) is 0. The Morgan fingerprint density at radius 3 is 2.48 bits per heavy atom. The Bertz CT molecular complexity index is 1190. The highest BCUT2D eigenvalue weighted by Crippen LogP contribution is 2.44. The van der Waals surface area contributed by atoms with Crippen molar-refractivity contribution in [1.82, 2.24) is 0 Å². The van der Waals surface area contributed by atoms with Gasteiger partial charge < -0.3 is 14.2 Å². The number of hydrogen-bond acceptors (Lipinski definition) is 3. The van der Waals surface area contributed by atoms with E-state index in [1.165, 1.54) is 45.5 Å². The van der Waals surface area contributed by atoms with E-state index in [0.29, 0.717) is 5.92 Å². The van der Waals surface area contributed by atoms with E-state index in [1.54, 1.807) is 14.2 Å². The number of fused-ring (bicyclic) bond motifs is 5. The number of ether oxygens (including phenoxy) is 3. The number of methoxy groups -OCH3 is 3. The first-order valence-electron chi connectivity index (χ1n) is 11.2. The molecule has 0 bridgehead atoms. The molecule has 2 aliphatic carbocycles. The smallest absolute Gasteiger partial charge is 0.159 e. The Hall–Kier alpha value is -2.78. The van der Waals surface area contributed by atoms with Gasteiger partial charge >= 0.3 is 0 Å². The van der Waals surface area contributed by atoms with Gasteiger partial charge in [0.15, 0.2) is 11.5 Å². The molecule has 0 amide bonds. The van der Waals surface area contributed by atoms with Gasteiger partial charge in [-0.05, 0) is 76.4 Å². The van der Waals surface area contributed by atoms with E-state index in [0.717, 1.165) is 30.8 Å². The molecular weight excluding hydrogens is 384 g/mol. The van der Waals surface area contributed by atoms with E-state index in [2.05, 4.69) is 60.7 Å². The molecule has 3 nitrogen and oxygen atoms in total. The summed E-state index contributed by atoms with van der Waals surface area (Å²) in [6.45, 7) is 0. The van der Waals surface area contributed by atoms with Gasteiger partial charge in [0.25, 0.3) is 0 Å². The Kier molecular flexibility index (Phi) is 5.23. The average molecular weight is 415 g/mol. The zero-order chi connectivity index (χ0) is 21.4. The summed E-state index contributed by atoms with van der Waals surface area (Å²) in [5.41, 5.74) is 2.63. The first-order chi connectivity index (χ1) is 15.2. The van der Waals surface area contributed by atoms with Gasteiger partial charge in [-0.25, -0.2) is 0 Å². The lowest BCUT2D eigenvalue weighted by Crippen LogP contribution is -2.34. The maximum Gasteiger partial charge on any atom is 0.159 e. The summed E-state index contributed by atoms with van der Waals surface area (Å²) >= 11 is 0. The molecule has 3 aromatic rings. The maximum atomic E-state index is 6.11. The van der Waals surface area contributed by atoms with Crippen molar-refractivity contribution in [3.63, 3.8) is 0 Å². The van der Waals surface area contributed by atoms with Crippen LogP contribution in [0.2, 0.25) is 0 Å². The second kappa shape index (κ2) is 8.05. The van der Waals surface area contributed by atoms with E-state index >= 15 is 0 Å². The minimum atomic E-state index is -0.370. The van der Waals surface area contributed by atoms with Gasteiger partial charge in [0.2, 0.25) is 0 Å². The zero-order valence-electron chi connectivity index (χ0n) is 18.6. The highest BCUT2D eigenvalue weighted by molar-refractivity contribution is 6.08. The van der Waals surface area contributed by atoms with Crippen molar-refractivity contribution in [2.75, 3.05) is 21.3 Å². The SMILES string of the molecule is COC1=CCC(CC2CCCc3c2ccc2c3ccc3ccccc32)(OC)C=C1OC. The van der Waals surface area contributed by atoms with Crippen molar-refractivity contribution < 1.29 is 14.2 Å². The number of aryl methyl sites for hydroxylation is 1. The van der Waals surface area contributed by atoms with Crippen LogP contribution in [0.5, 0.6) is 0 Å². The van der Waals surface area contributed by atoms with Gasteiger partial charge in [-0.2, -0.15) is 0 Å². The molecule has 0 aliphatic heterocycles. The van der Waals surface area contributed by atoms with E-state index in [1.807, 2.05) is 7.11 Å². The maximum absolute atomic E-state index is 6.11. The van der Waals surface area contributed by atoms with E-state index in [-0.39, 0.29) is 5.60 Å². The molecular formula is C28H30O3. The molecule has 3 heteroatoms. The molecule has 2 aliphatic rings. The lowest BCUT2D eigenvalue weighted by molar-refractivity contribution is 0.0123. The fourth-order valence-corrected chi connectivity index (χ4v) is 5.59. The van der Waals surface area contributed by atoms with Crippen molar-refractivity contribution >= 4 is 21.5 Å². The standard InChI is InChI=1S/C28H30O3/c1-29-26-15-16-28(31-3,18-27(26)30-2)17-20-8-6-10-23-22(20)13-14-24-21-9-5-4-7-19(21)11-12-25(23)24/h4-5,7,9,11-15,18,20H,6,8,10,16-17H2,1-3H3. The number of hydrogen-bond donors (Lipinski definition) is 0. The second-order valence-corrected chi connectivity index (χ2v) is 8.77. The van der Waals surface area contributed by atoms with Crippen LogP contribution < -0.4 is 0 Å². The Labute approximate surface area is 184 Å². The van der Waals surface area contributed by atoms with Crippen LogP contribution in [0.25, 0.3) is 21.5 Å². The Balaban J connectivity index is 1.55. The van der Waals surface area contributed by atoms with Crippen LogP contribution in [0.4, 0.5) is 0 Å². The van der Waals surface area contributed by atoms with Gasteiger partial charge in [-0.1, -0.05) is 48.5 Å². The molecule has 3 aromatic carbocycles. The van der Waals surface area contributed by atoms with Crippen LogP contribution in [0.15, 0.2) is 72.2 Å². The second-order valence-electron chi connectivity index (χ2n) is 8.77. The van der Waals surface area contributed by atoms with E-state index < -0.39 is 0 Å².